The molecule has 0 spiro atoms. The van der Waals surface area contributed by atoms with E-state index in [0.29, 0.717) is 30.6 Å². The summed E-state index contributed by atoms with van der Waals surface area (Å²) in [5.74, 6) is -1.05. The van der Waals surface area contributed by atoms with Crippen molar-refractivity contribution < 1.29 is 14.7 Å². The number of carbonyl (C=O) groups is 2. The van der Waals surface area contributed by atoms with Crippen molar-refractivity contribution in [2.24, 2.45) is 0 Å². The lowest BCUT2D eigenvalue weighted by atomic mass is 10.0. The Kier molecular flexibility index (Phi) is 4.74. The normalized spacial score (nSPS) is 17.9. The summed E-state index contributed by atoms with van der Waals surface area (Å²) in [7, 11) is 0. The summed E-state index contributed by atoms with van der Waals surface area (Å²) in [5.41, 5.74) is 2.44. The lowest BCUT2D eigenvalue weighted by Crippen LogP contribution is -2.40. The van der Waals surface area contributed by atoms with E-state index in [9.17, 15) is 14.7 Å². The van der Waals surface area contributed by atoms with E-state index < -0.39 is 12.0 Å². The van der Waals surface area contributed by atoms with E-state index in [1.165, 1.54) is 4.90 Å². The first-order valence-corrected chi connectivity index (χ1v) is 9.47. The maximum atomic E-state index is 13.4. The number of likely N-dealkylation sites (tertiary alicyclic amines) is 1. The summed E-state index contributed by atoms with van der Waals surface area (Å²) >= 11 is 0. The zero-order chi connectivity index (χ0) is 20.1. The number of aromatic nitrogens is 3. The van der Waals surface area contributed by atoms with Crippen molar-refractivity contribution in [1.29, 1.82) is 0 Å². The van der Waals surface area contributed by atoms with Crippen LogP contribution >= 0.6 is 0 Å². The van der Waals surface area contributed by atoms with Crippen LogP contribution < -0.4 is 0 Å². The predicted molar refractivity (Wildman–Crippen MR) is 103 cm³/mol. The predicted octanol–water partition coefficient (Wildman–Crippen LogP) is 3.31. The first-order valence-electron chi connectivity index (χ1n) is 9.47. The number of fused-ring (bicyclic) bond motifs is 1. The molecule has 0 aromatic carbocycles. The largest absolute Gasteiger partial charge is 0.480 e. The molecule has 1 amide bonds. The average molecular weight is 372 g/mol. The quantitative estimate of drug-likeness (QED) is 0.893. The second-order valence-corrected chi connectivity index (χ2v) is 8.61. The maximum absolute atomic E-state index is 13.4. The van der Waals surface area contributed by atoms with Gasteiger partial charge in [0.05, 0.1) is 22.2 Å². The molecule has 0 unspecified atom stereocenters. The standard InChI is InChI=1S/C20H28N4O3/c1-11(2)14-10-13(18(25)23-9-7-8-15(23)19(26)27)16-12(3)22-24(17(16)21-14)20(4,5)6/h10-11,15H,7-9H2,1-6H3,(H,26,27)/t15-/m1/s1. The Hall–Kier alpha value is -2.44. The number of aliphatic carboxylic acids is 1. The van der Waals surface area contributed by atoms with Crippen molar-refractivity contribution in [2.75, 3.05) is 6.54 Å². The molecule has 0 aliphatic carbocycles. The summed E-state index contributed by atoms with van der Waals surface area (Å²) in [6, 6.07) is 1.05. The van der Waals surface area contributed by atoms with Crippen LogP contribution in [-0.4, -0.2) is 49.2 Å². The number of nitrogens with zero attached hydrogens (tertiary/aromatic N) is 4. The molecule has 1 aliphatic rings. The fourth-order valence-corrected chi connectivity index (χ4v) is 3.66. The van der Waals surface area contributed by atoms with Crippen LogP contribution in [0.25, 0.3) is 11.0 Å². The summed E-state index contributed by atoms with van der Waals surface area (Å²) < 4.78 is 1.86. The molecule has 1 fully saturated rings. The van der Waals surface area contributed by atoms with Crippen molar-refractivity contribution in [3.8, 4) is 0 Å². The highest BCUT2D eigenvalue weighted by Crippen LogP contribution is 2.31. The molecule has 1 aliphatic heterocycles. The van der Waals surface area contributed by atoms with Crippen LogP contribution in [0, 0.1) is 6.92 Å². The minimum absolute atomic E-state index is 0.137. The fraction of sp³-hybridized carbons (Fsp3) is 0.600. The van der Waals surface area contributed by atoms with Gasteiger partial charge in [-0.05, 0) is 52.5 Å². The smallest absolute Gasteiger partial charge is 0.326 e. The first-order chi connectivity index (χ1) is 12.5. The Morgan fingerprint density at radius 2 is 1.96 bits per heavy atom. The molecule has 3 rings (SSSR count). The van der Waals surface area contributed by atoms with Gasteiger partial charge in [-0.2, -0.15) is 5.10 Å². The monoisotopic (exact) mass is 372 g/mol. The van der Waals surface area contributed by atoms with Gasteiger partial charge in [-0.15, -0.1) is 0 Å². The Morgan fingerprint density at radius 1 is 1.30 bits per heavy atom. The SMILES string of the molecule is Cc1nn(C(C)(C)C)c2nc(C(C)C)cc(C(=O)N3CCC[C@@H]3C(=O)O)c12. The molecule has 2 aromatic rings. The van der Waals surface area contributed by atoms with Gasteiger partial charge >= 0.3 is 5.97 Å². The number of pyridine rings is 1. The molecular formula is C20H28N4O3. The molecule has 7 nitrogen and oxygen atoms in total. The third-order valence-electron chi connectivity index (χ3n) is 5.09. The number of aryl methyl sites for hydroxylation is 1. The number of carbonyl (C=O) groups excluding carboxylic acids is 1. The maximum Gasteiger partial charge on any atom is 0.326 e. The van der Waals surface area contributed by atoms with Gasteiger partial charge in [0.25, 0.3) is 5.91 Å². The molecule has 146 valence electrons. The summed E-state index contributed by atoms with van der Waals surface area (Å²) in [6.45, 7) is 12.5. The van der Waals surface area contributed by atoms with Gasteiger partial charge in [0.1, 0.15) is 6.04 Å². The van der Waals surface area contributed by atoms with E-state index in [2.05, 4.69) is 5.10 Å². The van der Waals surface area contributed by atoms with Gasteiger partial charge in [-0.3, -0.25) is 4.79 Å². The number of amides is 1. The van der Waals surface area contributed by atoms with Crippen molar-refractivity contribution in [3.05, 3.63) is 23.0 Å². The van der Waals surface area contributed by atoms with Gasteiger partial charge in [0.2, 0.25) is 0 Å². The Bertz CT molecular complexity index is 908. The van der Waals surface area contributed by atoms with Gasteiger partial charge in [-0.25, -0.2) is 14.5 Å². The highest BCUT2D eigenvalue weighted by molar-refractivity contribution is 6.07. The Labute approximate surface area is 159 Å². The molecule has 0 saturated carbocycles. The molecule has 0 radical (unpaired) electrons. The summed E-state index contributed by atoms with van der Waals surface area (Å²) in [4.78, 5) is 31.2. The van der Waals surface area contributed by atoms with Crippen LogP contribution in [0.5, 0.6) is 0 Å². The van der Waals surface area contributed by atoms with E-state index >= 15 is 0 Å². The van der Waals surface area contributed by atoms with E-state index in [1.54, 1.807) is 0 Å². The molecule has 3 heterocycles. The van der Waals surface area contributed by atoms with E-state index in [-0.39, 0.29) is 17.4 Å². The average Bonchev–Trinajstić information content (AvgIpc) is 3.18. The molecule has 1 atom stereocenters. The van der Waals surface area contributed by atoms with Crippen LogP contribution in [0.1, 0.15) is 75.1 Å². The van der Waals surface area contributed by atoms with Gasteiger partial charge in [-0.1, -0.05) is 13.8 Å². The summed E-state index contributed by atoms with van der Waals surface area (Å²) in [5, 5.41) is 14.8. The minimum Gasteiger partial charge on any atom is -0.480 e. The second-order valence-electron chi connectivity index (χ2n) is 8.61. The molecule has 7 heteroatoms. The topological polar surface area (TPSA) is 88.3 Å². The fourth-order valence-electron chi connectivity index (χ4n) is 3.66. The molecule has 0 bridgehead atoms. The molecule has 27 heavy (non-hydrogen) atoms. The lowest BCUT2D eigenvalue weighted by Gasteiger charge is -2.23. The molecular weight excluding hydrogens is 344 g/mol. The second kappa shape index (κ2) is 6.62. The number of hydrogen-bond acceptors (Lipinski definition) is 4. The van der Waals surface area contributed by atoms with Crippen LogP contribution in [0.4, 0.5) is 0 Å². The third-order valence-corrected chi connectivity index (χ3v) is 5.09. The summed E-state index contributed by atoms with van der Waals surface area (Å²) in [6.07, 6.45) is 1.20. The molecule has 1 saturated heterocycles. The van der Waals surface area contributed by atoms with E-state index in [1.807, 2.05) is 52.3 Å². The van der Waals surface area contributed by atoms with Crippen molar-refractivity contribution in [2.45, 2.75) is 71.9 Å². The van der Waals surface area contributed by atoms with Crippen molar-refractivity contribution in [1.82, 2.24) is 19.7 Å². The first kappa shape index (κ1) is 19.3. The highest BCUT2D eigenvalue weighted by Gasteiger charge is 2.36. The van der Waals surface area contributed by atoms with Gasteiger partial charge in [0, 0.05) is 12.2 Å². The van der Waals surface area contributed by atoms with Gasteiger partial charge in [0.15, 0.2) is 5.65 Å². The highest BCUT2D eigenvalue weighted by atomic mass is 16.4. The van der Waals surface area contributed by atoms with E-state index in [0.717, 1.165) is 16.8 Å². The van der Waals surface area contributed by atoms with Crippen molar-refractivity contribution in [3.63, 3.8) is 0 Å². The number of carboxylic acid groups (broad SMARTS) is 1. The van der Waals surface area contributed by atoms with E-state index in [4.69, 9.17) is 4.98 Å². The Balaban J connectivity index is 2.24. The third kappa shape index (κ3) is 3.31. The zero-order valence-corrected chi connectivity index (χ0v) is 16.9. The van der Waals surface area contributed by atoms with Crippen LogP contribution in [0.2, 0.25) is 0 Å². The number of carboxylic acids is 1. The molecule has 2 aromatic heterocycles. The lowest BCUT2D eigenvalue weighted by molar-refractivity contribution is -0.141. The Morgan fingerprint density at radius 3 is 2.52 bits per heavy atom. The number of rotatable bonds is 3. The van der Waals surface area contributed by atoms with Crippen LogP contribution in [0.3, 0.4) is 0 Å². The minimum atomic E-state index is -0.947. The van der Waals surface area contributed by atoms with Crippen molar-refractivity contribution >= 4 is 22.9 Å². The zero-order valence-electron chi connectivity index (χ0n) is 16.9. The number of hydrogen-bond donors (Lipinski definition) is 1. The van der Waals surface area contributed by atoms with Crippen LogP contribution in [-0.2, 0) is 10.3 Å². The molecule has 1 N–H and O–H groups in total. The van der Waals surface area contributed by atoms with Crippen LogP contribution in [0.15, 0.2) is 6.07 Å². The van der Waals surface area contributed by atoms with Gasteiger partial charge < -0.3 is 10.0 Å².